The van der Waals surface area contributed by atoms with E-state index < -0.39 is 0 Å². The number of hydrogen-bond donors (Lipinski definition) is 1. The quantitative estimate of drug-likeness (QED) is 0.468. The number of aliphatic hydroxyl groups excluding tert-OH is 1. The molecule has 1 unspecified atom stereocenters. The highest BCUT2D eigenvalue weighted by Gasteiger charge is 2.29. The van der Waals surface area contributed by atoms with Crippen molar-refractivity contribution in [3.05, 3.63) is 0 Å². The number of rotatable bonds is 2. The molecule has 0 bridgehead atoms. The van der Waals surface area contributed by atoms with Crippen LogP contribution in [-0.4, -0.2) is 25.7 Å². The molecule has 0 spiro atoms. The summed E-state index contributed by atoms with van der Waals surface area (Å²) in [6.45, 7) is 0.597. The van der Waals surface area contributed by atoms with E-state index in [1.807, 2.05) is 0 Å². The fourth-order valence-corrected chi connectivity index (χ4v) is 1.69. The minimum atomic E-state index is -0.254. The fraction of sp³-hybridized carbons (Fsp3) is 1.00. The summed E-state index contributed by atoms with van der Waals surface area (Å²) in [7, 11) is 7.81. The van der Waals surface area contributed by atoms with Crippen LogP contribution in [0.1, 0.15) is 12.8 Å². The molecule has 1 saturated carbocycles. The third-order valence-corrected chi connectivity index (χ3v) is 2.20. The third-order valence-electron chi connectivity index (χ3n) is 2.00. The smallest absolute Gasteiger partial charge is 0.0700 e. The first-order chi connectivity index (χ1) is 4.74. The van der Waals surface area contributed by atoms with Crippen molar-refractivity contribution in [1.82, 2.24) is 0 Å². The Bertz CT molecular complexity index is 112. The molecule has 1 N–H and O–H groups in total. The topological polar surface area (TPSA) is 29.5 Å². The van der Waals surface area contributed by atoms with Gasteiger partial charge in [0.1, 0.15) is 0 Å². The minimum Gasteiger partial charge on any atom is -0.393 e. The Hall–Kier alpha value is 0.415. The first-order valence-electron chi connectivity index (χ1n) is 3.49. The van der Waals surface area contributed by atoms with Crippen molar-refractivity contribution >= 4 is 17.3 Å². The SMILES string of the molecule is [B][C@H]1C[C@@H](COP)[C@@H](O)C1. The summed E-state index contributed by atoms with van der Waals surface area (Å²) in [6.07, 6.45) is 1.35. The predicted molar refractivity (Wildman–Crippen MR) is 43.9 cm³/mol. The summed E-state index contributed by atoms with van der Waals surface area (Å²) in [6, 6.07) is 0. The van der Waals surface area contributed by atoms with E-state index in [-0.39, 0.29) is 17.8 Å². The first-order valence-corrected chi connectivity index (χ1v) is 3.96. The second kappa shape index (κ2) is 3.70. The zero-order valence-electron chi connectivity index (χ0n) is 5.86. The highest BCUT2D eigenvalue weighted by molar-refractivity contribution is 7.09. The Morgan fingerprint density at radius 3 is 2.70 bits per heavy atom. The van der Waals surface area contributed by atoms with E-state index in [4.69, 9.17) is 12.4 Å². The molecule has 0 aromatic heterocycles. The summed E-state index contributed by atoms with van der Waals surface area (Å²) in [5.41, 5.74) is 0. The molecule has 0 saturated heterocycles. The van der Waals surface area contributed by atoms with E-state index >= 15 is 0 Å². The van der Waals surface area contributed by atoms with Gasteiger partial charge >= 0.3 is 0 Å². The Morgan fingerprint density at radius 2 is 2.30 bits per heavy atom. The van der Waals surface area contributed by atoms with Crippen LogP contribution in [0.5, 0.6) is 0 Å². The van der Waals surface area contributed by atoms with E-state index in [2.05, 4.69) is 9.47 Å². The van der Waals surface area contributed by atoms with Crippen molar-refractivity contribution in [2.75, 3.05) is 6.61 Å². The lowest BCUT2D eigenvalue weighted by Gasteiger charge is -2.11. The van der Waals surface area contributed by atoms with Crippen LogP contribution in [0.3, 0.4) is 0 Å². The Morgan fingerprint density at radius 1 is 1.60 bits per heavy atom. The van der Waals surface area contributed by atoms with E-state index in [1.165, 1.54) is 0 Å². The zero-order chi connectivity index (χ0) is 7.56. The molecule has 0 heterocycles. The van der Waals surface area contributed by atoms with E-state index in [9.17, 15) is 5.11 Å². The normalized spacial score (nSPS) is 40.4. The molecule has 56 valence electrons. The van der Waals surface area contributed by atoms with Gasteiger partial charge in [0.05, 0.1) is 20.6 Å². The van der Waals surface area contributed by atoms with Crippen molar-refractivity contribution in [3.63, 3.8) is 0 Å². The van der Waals surface area contributed by atoms with E-state index in [1.54, 1.807) is 0 Å². The van der Waals surface area contributed by atoms with Crippen LogP contribution in [-0.2, 0) is 4.52 Å². The molecule has 10 heavy (non-hydrogen) atoms. The molecule has 0 aliphatic heterocycles. The summed E-state index contributed by atoms with van der Waals surface area (Å²) < 4.78 is 4.85. The molecule has 0 aromatic rings. The highest BCUT2D eigenvalue weighted by atomic mass is 31.0. The van der Waals surface area contributed by atoms with Crippen LogP contribution in [0.25, 0.3) is 0 Å². The van der Waals surface area contributed by atoms with Gasteiger partial charge < -0.3 is 9.63 Å². The van der Waals surface area contributed by atoms with Crippen LogP contribution < -0.4 is 0 Å². The van der Waals surface area contributed by atoms with E-state index in [0.29, 0.717) is 6.61 Å². The van der Waals surface area contributed by atoms with Gasteiger partial charge in [-0.15, -0.1) is 0 Å². The van der Waals surface area contributed by atoms with Gasteiger partial charge in [0.25, 0.3) is 0 Å². The van der Waals surface area contributed by atoms with Gasteiger partial charge in [-0.05, 0) is 6.42 Å². The van der Waals surface area contributed by atoms with Crippen molar-refractivity contribution in [3.8, 4) is 0 Å². The molecule has 0 amide bonds. The first kappa shape index (κ1) is 8.51. The lowest BCUT2D eigenvalue weighted by atomic mass is 9.85. The summed E-state index contributed by atoms with van der Waals surface area (Å²) in [5, 5.41) is 9.32. The average molecular weight is 158 g/mol. The minimum absolute atomic E-state index is 0.167. The summed E-state index contributed by atoms with van der Waals surface area (Å²) in [5.74, 6) is 0.410. The Kier molecular flexibility index (Phi) is 3.15. The third kappa shape index (κ3) is 1.95. The lowest BCUT2D eigenvalue weighted by molar-refractivity contribution is 0.105. The van der Waals surface area contributed by atoms with Crippen LogP contribution >= 0.6 is 9.47 Å². The van der Waals surface area contributed by atoms with Gasteiger partial charge in [-0.3, -0.25) is 0 Å². The Labute approximate surface area is 65.0 Å². The van der Waals surface area contributed by atoms with Gasteiger partial charge in [-0.1, -0.05) is 12.2 Å². The largest absolute Gasteiger partial charge is 0.393 e. The van der Waals surface area contributed by atoms with Crippen molar-refractivity contribution in [1.29, 1.82) is 0 Å². The van der Waals surface area contributed by atoms with Crippen LogP contribution in [0.15, 0.2) is 0 Å². The number of hydrogen-bond acceptors (Lipinski definition) is 2. The van der Waals surface area contributed by atoms with Crippen molar-refractivity contribution in [2.24, 2.45) is 5.92 Å². The summed E-state index contributed by atoms with van der Waals surface area (Å²) >= 11 is 0. The van der Waals surface area contributed by atoms with Crippen molar-refractivity contribution < 1.29 is 9.63 Å². The van der Waals surface area contributed by atoms with Gasteiger partial charge in [0.2, 0.25) is 0 Å². The molecular weight excluding hydrogens is 146 g/mol. The summed E-state index contributed by atoms with van der Waals surface area (Å²) in [4.78, 5) is 0. The standard InChI is InChI=1S/C6H12BO2P/c7-5-1-4(3-9-10)6(8)2-5/h4-6,8H,1-3,10H2/t4-,5-,6-/m0/s1. The second-order valence-corrected chi connectivity index (χ2v) is 3.23. The molecule has 4 atom stereocenters. The average Bonchev–Trinajstić information content (AvgIpc) is 2.13. The maximum atomic E-state index is 9.32. The molecule has 0 aromatic carbocycles. The predicted octanol–water partition coefficient (Wildman–Crippen LogP) is 0.521. The molecule has 2 nitrogen and oxygen atoms in total. The molecule has 1 fully saturated rings. The maximum Gasteiger partial charge on any atom is 0.0700 e. The molecule has 1 rings (SSSR count). The van der Waals surface area contributed by atoms with Gasteiger partial charge in [-0.25, -0.2) is 0 Å². The van der Waals surface area contributed by atoms with E-state index in [0.717, 1.165) is 12.8 Å². The number of aliphatic hydroxyl groups is 1. The zero-order valence-corrected chi connectivity index (χ0v) is 7.02. The fourth-order valence-electron chi connectivity index (χ4n) is 1.45. The second-order valence-electron chi connectivity index (χ2n) is 2.89. The van der Waals surface area contributed by atoms with Crippen LogP contribution in [0, 0.1) is 5.92 Å². The van der Waals surface area contributed by atoms with Crippen LogP contribution in [0.2, 0.25) is 5.82 Å². The molecule has 1 aliphatic carbocycles. The molecule has 2 radical (unpaired) electrons. The Balaban J connectivity index is 2.31. The molecular formula is C6H12BO2P. The maximum absolute atomic E-state index is 9.32. The van der Waals surface area contributed by atoms with Crippen LogP contribution in [0.4, 0.5) is 0 Å². The molecule has 4 heteroatoms. The van der Waals surface area contributed by atoms with Gasteiger partial charge in [-0.2, -0.15) is 0 Å². The van der Waals surface area contributed by atoms with Crippen molar-refractivity contribution in [2.45, 2.75) is 24.8 Å². The van der Waals surface area contributed by atoms with Gasteiger partial charge in [0.15, 0.2) is 0 Å². The van der Waals surface area contributed by atoms with Gasteiger partial charge in [0, 0.05) is 15.4 Å². The monoisotopic (exact) mass is 158 g/mol. The molecule has 1 aliphatic rings. The highest BCUT2D eigenvalue weighted by Crippen LogP contribution is 2.33. The lowest BCUT2D eigenvalue weighted by Crippen LogP contribution is -2.16.